The second-order valence-corrected chi connectivity index (χ2v) is 18.3. The normalized spacial score (nSPS) is 15.3. The molecule has 1 aromatic carbocycles. The number of nitrogens with one attached hydrogen (secondary N) is 8. The average Bonchev–Trinajstić information content (AvgIpc) is 3.32. The van der Waals surface area contributed by atoms with Gasteiger partial charge >= 0.3 is 17.9 Å². The lowest BCUT2D eigenvalue weighted by atomic mass is 9.95. The number of phenolic OH excluding ortho intramolecular Hbond substituents is 1. The summed E-state index contributed by atoms with van der Waals surface area (Å²) >= 11 is 0. The van der Waals surface area contributed by atoms with Gasteiger partial charge in [-0.15, -0.1) is 0 Å². The highest BCUT2D eigenvalue weighted by Crippen LogP contribution is 2.15. The SMILES string of the molecule is CC[C@H](C)[C@H](NC(=O)[C@H](CC(=O)O)NC(=O)[C@H](CC(=O)O)NC(=O)[C@H](Cc1ccc(O)cc1)NC(=O)[C@H](CCC(N)=O)NC(=O)[C@H](C)N)C(=O)N[C@H](C(=O)N[C@H](C(=O)N[C@@H](CCCN=C(N)N)C(=O)O)[C@@H](C)O)C(C)C. The number of nitrogens with two attached hydrogens (primary N) is 4. The summed E-state index contributed by atoms with van der Waals surface area (Å²) in [5.74, 6) is -16.5. The van der Waals surface area contributed by atoms with Gasteiger partial charge in [0.1, 0.15) is 54.1 Å². The van der Waals surface area contributed by atoms with Crippen LogP contribution in [0.1, 0.15) is 92.1 Å². The maximum Gasteiger partial charge on any atom is 0.326 e. The van der Waals surface area contributed by atoms with Crippen LogP contribution in [-0.4, -0.2) is 170 Å². The molecule has 11 atom stereocenters. The van der Waals surface area contributed by atoms with E-state index in [1.165, 1.54) is 52.0 Å². The van der Waals surface area contributed by atoms with E-state index in [4.69, 9.17) is 22.9 Å². The molecule has 0 fully saturated rings. The molecule has 0 unspecified atom stereocenters. The zero-order valence-corrected chi connectivity index (χ0v) is 43.0. The molecule has 0 aliphatic rings. The fraction of sp³-hybridized carbons (Fsp3) is 0.587. The first-order valence-electron chi connectivity index (χ1n) is 24.0. The number of aliphatic carboxylic acids is 3. The number of hydrogen-bond acceptors (Lipinski definition) is 16. The van der Waals surface area contributed by atoms with Gasteiger partial charge in [0, 0.05) is 19.4 Å². The predicted molar refractivity (Wildman–Crippen MR) is 267 cm³/mol. The van der Waals surface area contributed by atoms with Crippen molar-refractivity contribution in [3.63, 3.8) is 0 Å². The first-order valence-corrected chi connectivity index (χ1v) is 24.0. The molecule has 9 amide bonds. The minimum atomic E-state index is -2.09. The Bertz CT molecular complexity index is 2260. The van der Waals surface area contributed by atoms with Gasteiger partial charge in [-0.1, -0.05) is 46.2 Å². The minimum Gasteiger partial charge on any atom is -0.508 e. The highest BCUT2D eigenvalue weighted by atomic mass is 16.4. The number of guanidine groups is 1. The van der Waals surface area contributed by atoms with Gasteiger partial charge < -0.3 is 91.0 Å². The van der Waals surface area contributed by atoms with Crippen LogP contribution in [0, 0.1) is 11.8 Å². The van der Waals surface area contributed by atoms with Crippen molar-refractivity contribution in [3.05, 3.63) is 29.8 Å². The maximum absolute atomic E-state index is 14.0. The summed E-state index contributed by atoms with van der Waals surface area (Å²) in [7, 11) is 0. The lowest BCUT2D eigenvalue weighted by Crippen LogP contribution is -2.63. The number of aliphatic hydroxyl groups is 1. The van der Waals surface area contributed by atoms with Crippen molar-refractivity contribution in [3.8, 4) is 5.75 Å². The number of rotatable bonds is 34. The molecular formula is C46H73N13O17. The smallest absolute Gasteiger partial charge is 0.326 e. The molecule has 21 N–H and O–H groups in total. The third-order valence-corrected chi connectivity index (χ3v) is 11.4. The zero-order chi connectivity index (χ0) is 58.1. The number of primary amides is 1. The molecule has 0 saturated carbocycles. The summed E-state index contributed by atoms with van der Waals surface area (Å²) in [4.78, 5) is 160. The van der Waals surface area contributed by atoms with Gasteiger partial charge in [-0.2, -0.15) is 0 Å². The van der Waals surface area contributed by atoms with Crippen LogP contribution in [0.2, 0.25) is 0 Å². The number of aliphatic hydroxyl groups excluding tert-OH is 1. The molecule has 0 aliphatic carbocycles. The van der Waals surface area contributed by atoms with Gasteiger partial charge in [-0.25, -0.2) is 4.79 Å². The van der Waals surface area contributed by atoms with Gasteiger partial charge in [0.15, 0.2) is 5.96 Å². The van der Waals surface area contributed by atoms with Crippen molar-refractivity contribution in [2.75, 3.05) is 6.54 Å². The number of aliphatic imine (C=N–C) groups is 1. The molecule has 30 heteroatoms. The van der Waals surface area contributed by atoms with Crippen molar-refractivity contribution < 1.29 is 83.1 Å². The Morgan fingerprint density at radius 3 is 1.45 bits per heavy atom. The Balaban J connectivity index is 3.51. The number of carboxylic acids is 3. The molecule has 1 aromatic rings. The summed E-state index contributed by atoms with van der Waals surface area (Å²) in [5.41, 5.74) is 21.8. The van der Waals surface area contributed by atoms with Gasteiger partial charge in [-0.05, 0) is 62.6 Å². The zero-order valence-electron chi connectivity index (χ0n) is 43.0. The van der Waals surface area contributed by atoms with Crippen LogP contribution in [0.5, 0.6) is 5.75 Å². The number of aromatic hydroxyl groups is 1. The largest absolute Gasteiger partial charge is 0.508 e. The summed E-state index contributed by atoms with van der Waals surface area (Å²) in [6.07, 6.45) is -4.95. The van der Waals surface area contributed by atoms with Crippen LogP contribution in [-0.2, 0) is 64.0 Å². The van der Waals surface area contributed by atoms with Crippen molar-refractivity contribution >= 4 is 77.0 Å². The van der Waals surface area contributed by atoms with E-state index >= 15 is 0 Å². The number of carbonyl (C=O) groups is 12. The van der Waals surface area contributed by atoms with Gasteiger partial charge in [0.05, 0.1) is 25.0 Å². The molecule has 0 aromatic heterocycles. The number of nitrogens with zero attached hydrogens (tertiary/aromatic N) is 1. The molecule has 0 heterocycles. The van der Waals surface area contributed by atoms with E-state index in [1.807, 2.05) is 0 Å². The standard InChI is InChI=1S/C46H73N13O17/c1-7-21(4)35(43(73)57-34(20(2)3)42(72)59-36(23(6)60)44(74)53-27(45(75)76)9-8-16-51-46(49)50)58-41(71)30(19-33(65)66)56-40(70)29(18-32(63)64)55-39(69)28(17-24-10-12-25(61)13-11-24)54-38(68)26(14-15-31(48)62)52-37(67)22(5)47/h10-13,20-23,26-30,34-36,60-61H,7-9,14-19,47H2,1-6H3,(H2,48,62)(H,52,67)(H,53,74)(H,54,68)(H,55,69)(H,56,70)(H,57,73)(H,58,71)(H,59,72)(H,63,64)(H,65,66)(H,75,76)(H4,49,50,51)/t21-,22-,23+,26-,27-,28-,29-,30-,34-,35-,36-/m0/s1. The van der Waals surface area contributed by atoms with Crippen molar-refractivity contribution in [1.82, 2.24) is 42.5 Å². The van der Waals surface area contributed by atoms with E-state index in [-0.39, 0.29) is 43.9 Å². The van der Waals surface area contributed by atoms with E-state index in [1.54, 1.807) is 6.92 Å². The molecule has 0 saturated heterocycles. The van der Waals surface area contributed by atoms with Crippen LogP contribution in [0.3, 0.4) is 0 Å². The Morgan fingerprint density at radius 2 is 0.987 bits per heavy atom. The second-order valence-electron chi connectivity index (χ2n) is 18.3. The molecule has 30 nitrogen and oxygen atoms in total. The summed E-state index contributed by atoms with van der Waals surface area (Å²) in [6.45, 7) is 8.59. The minimum absolute atomic E-state index is 0.0360. The summed E-state index contributed by atoms with van der Waals surface area (Å²) < 4.78 is 0. The molecule has 1 rings (SSSR count). The fourth-order valence-electron chi connectivity index (χ4n) is 6.92. The number of carbonyl (C=O) groups excluding carboxylic acids is 9. The Morgan fingerprint density at radius 1 is 0.553 bits per heavy atom. The van der Waals surface area contributed by atoms with Crippen LogP contribution in [0.25, 0.3) is 0 Å². The lowest BCUT2D eigenvalue weighted by molar-refractivity contribution is -0.144. The summed E-state index contributed by atoms with van der Waals surface area (Å²) in [5, 5.41) is 67.9. The van der Waals surface area contributed by atoms with Crippen molar-refractivity contribution in [1.29, 1.82) is 0 Å². The molecule has 0 spiro atoms. The molecule has 0 bridgehead atoms. The van der Waals surface area contributed by atoms with Crippen LogP contribution in [0.4, 0.5) is 0 Å². The fourth-order valence-corrected chi connectivity index (χ4v) is 6.92. The monoisotopic (exact) mass is 1080 g/mol. The first kappa shape index (κ1) is 65.9. The molecule has 76 heavy (non-hydrogen) atoms. The van der Waals surface area contributed by atoms with Crippen molar-refractivity contribution in [2.24, 2.45) is 39.8 Å². The third-order valence-electron chi connectivity index (χ3n) is 11.4. The van der Waals surface area contributed by atoms with E-state index in [9.17, 15) is 83.1 Å². The molecule has 424 valence electrons. The molecule has 0 radical (unpaired) electrons. The summed E-state index contributed by atoms with van der Waals surface area (Å²) in [6, 6.07) is -9.56. The second kappa shape index (κ2) is 32.2. The van der Waals surface area contributed by atoms with Gasteiger partial charge in [0.25, 0.3) is 0 Å². The number of hydrogen-bond donors (Lipinski definition) is 17. The Kier molecular flexibility index (Phi) is 27.9. The van der Waals surface area contributed by atoms with Gasteiger partial charge in [-0.3, -0.25) is 57.7 Å². The molecule has 0 aliphatic heterocycles. The third kappa shape index (κ3) is 23.8. The topological polar surface area (TPSA) is 519 Å². The van der Waals surface area contributed by atoms with Crippen LogP contribution < -0.4 is 65.5 Å². The Hall–Kier alpha value is -8.15. The van der Waals surface area contributed by atoms with Crippen molar-refractivity contribution in [2.45, 2.75) is 153 Å². The highest BCUT2D eigenvalue weighted by Gasteiger charge is 2.38. The predicted octanol–water partition coefficient (Wildman–Crippen LogP) is -5.40. The number of benzene rings is 1. The van der Waals surface area contributed by atoms with E-state index in [2.05, 4.69) is 47.5 Å². The van der Waals surface area contributed by atoms with E-state index in [0.29, 0.717) is 5.56 Å². The lowest BCUT2D eigenvalue weighted by Gasteiger charge is -2.31. The average molecular weight is 1080 g/mol. The van der Waals surface area contributed by atoms with Gasteiger partial charge in [0.2, 0.25) is 53.2 Å². The van der Waals surface area contributed by atoms with E-state index in [0.717, 1.165) is 6.92 Å². The van der Waals surface area contributed by atoms with E-state index < -0.39 is 169 Å². The molecular weight excluding hydrogens is 1010 g/mol. The Labute approximate surface area is 437 Å². The quantitative estimate of drug-likeness (QED) is 0.0174. The maximum atomic E-state index is 14.0. The highest BCUT2D eigenvalue weighted by molar-refractivity contribution is 6.00. The first-order chi connectivity index (χ1) is 35.4. The van der Waals surface area contributed by atoms with Crippen LogP contribution >= 0.6 is 0 Å². The number of phenols is 1. The number of amides is 9. The number of carboxylic acid groups (broad SMARTS) is 3. The van der Waals surface area contributed by atoms with Crippen LogP contribution in [0.15, 0.2) is 29.3 Å².